The minimum atomic E-state index is 0.789. The van der Waals surface area contributed by atoms with Gasteiger partial charge in [0.15, 0.2) is 0 Å². The van der Waals surface area contributed by atoms with Crippen LogP contribution in [0, 0.1) is 5.92 Å². The topological polar surface area (TPSA) is 12.0 Å². The summed E-state index contributed by atoms with van der Waals surface area (Å²) in [7, 11) is 0. The summed E-state index contributed by atoms with van der Waals surface area (Å²) in [5, 5.41) is 3.78. The van der Waals surface area contributed by atoms with Gasteiger partial charge in [-0.25, -0.2) is 0 Å². The first kappa shape index (κ1) is 11.0. The summed E-state index contributed by atoms with van der Waals surface area (Å²) in [6.45, 7) is 6.95. The van der Waals surface area contributed by atoms with Gasteiger partial charge in [-0.1, -0.05) is 27.2 Å². The average molecular weight is 183 g/mol. The fourth-order valence-corrected chi connectivity index (χ4v) is 2.42. The number of hydrogen-bond acceptors (Lipinski definition) is 1. The van der Waals surface area contributed by atoms with Gasteiger partial charge in [0.05, 0.1) is 0 Å². The summed E-state index contributed by atoms with van der Waals surface area (Å²) in [6, 6.07) is 1.58. The Morgan fingerprint density at radius 2 is 1.62 bits per heavy atom. The molecule has 1 aliphatic heterocycles. The highest BCUT2D eigenvalue weighted by Gasteiger charge is 2.21. The van der Waals surface area contributed by atoms with Gasteiger partial charge in [-0.2, -0.15) is 0 Å². The predicted molar refractivity (Wildman–Crippen MR) is 58.9 cm³/mol. The van der Waals surface area contributed by atoms with E-state index in [1.807, 2.05) is 0 Å². The van der Waals surface area contributed by atoms with Gasteiger partial charge >= 0.3 is 0 Å². The van der Waals surface area contributed by atoms with Crippen LogP contribution in [0.3, 0.4) is 0 Å². The van der Waals surface area contributed by atoms with Crippen LogP contribution >= 0.6 is 0 Å². The molecule has 1 saturated heterocycles. The van der Waals surface area contributed by atoms with Gasteiger partial charge in [0, 0.05) is 12.1 Å². The first-order chi connectivity index (χ1) is 6.30. The monoisotopic (exact) mass is 183 g/mol. The molecule has 0 spiro atoms. The Bertz CT molecular complexity index is 119. The first-order valence-electron chi connectivity index (χ1n) is 6.06. The third kappa shape index (κ3) is 3.30. The zero-order valence-corrected chi connectivity index (χ0v) is 9.47. The molecular formula is C12H25N. The molecule has 0 bridgehead atoms. The van der Waals surface area contributed by atoms with Crippen LogP contribution in [0.4, 0.5) is 0 Å². The highest BCUT2D eigenvalue weighted by Crippen LogP contribution is 2.24. The van der Waals surface area contributed by atoms with Crippen LogP contribution in [0.2, 0.25) is 0 Å². The fourth-order valence-electron chi connectivity index (χ4n) is 2.42. The van der Waals surface area contributed by atoms with Crippen LogP contribution in [-0.2, 0) is 0 Å². The summed E-state index contributed by atoms with van der Waals surface area (Å²) in [6.07, 6.45) is 8.21. The van der Waals surface area contributed by atoms with E-state index in [1.54, 1.807) is 0 Å². The lowest BCUT2D eigenvalue weighted by atomic mass is 9.93. The van der Waals surface area contributed by atoms with Crippen molar-refractivity contribution in [2.75, 3.05) is 0 Å². The van der Waals surface area contributed by atoms with E-state index < -0.39 is 0 Å². The lowest BCUT2D eigenvalue weighted by molar-refractivity contribution is 0.384. The van der Waals surface area contributed by atoms with Crippen LogP contribution < -0.4 is 5.32 Å². The lowest BCUT2D eigenvalue weighted by Crippen LogP contribution is -2.36. The quantitative estimate of drug-likeness (QED) is 0.707. The van der Waals surface area contributed by atoms with Gasteiger partial charge in [-0.3, -0.25) is 0 Å². The van der Waals surface area contributed by atoms with Crippen LogP contribution in [0.25, 0.3) is 0 Å². The minimum Gasteiger partial charge on any atom is -0.311 e. The molecule has 0 aromatic heterocycles. The second kappa shape index (κ2) is 5.64. The largest absolute Gasteiger partial charge is 0.311 e. The summed E-state index contributed by atoms with van der Waals surface area (Å²) < 4.78 is 0. The van der Waals surface area contributed by atoms with E-state index in [9.17, 15) is 0 Å². The third-order valence-electron chi connectivity index (χ3n) is 3.58. The third-order valence-corrected chi connectivity index (χ3v) is 3.58. The standard InChI is InChI=1S/C12H25N/c1-4-10-7-8-11(5-2)13-12(6-3)9-10/h10-13H,4-9H2,1-3H3/t10?,11?,12-/m1/s1. The van der Waals surface area contributed by atoms with Gasteiger partial charge in [0.25, 0.3) is 0 Å². The first-order valence-corrected chi connectivity index (χ1v) is 6.06. The maximum atomic E-state index is 3.78. The number of rotatable bonds is 3. The minimum absolute atomic E-state index is 0.789. The molecule has 1 heteroatoms. The molecule has 78 valence electrons. The van der Waals surface area contributed by atoms with Crippen molar-refractivity contribution in [2.24, 2.45) is 5.92 Å². The predicted octanol–water partition coefficient (Wildman–Crippen LogP) is 3.34. The molecule has 1 fully saturated rings. The van der Waals surface area contributed by atoms with E-state index in [2.05, 4.69) is 26.1 Å². The fraction of sp³-hybridized carbons (Fsp3) is 1.00. The van der Waals surface area contributed by atoms with Gasteiger partial charge in [-0.15, -0.1) is 0 Å². The van der Waals surface area contributed by atoms with E-state index >= 15 is 0 Å². The van der Waals surface area contributed by atoms with Crippen LogP contribution in [0.1, 0.15) is 59.3 Å². The van der Waals surface area contributed by atoms with E-state index in [4.69, 9.17) is 0 Å². The smallest absolute Gasteiger partial charge is 0.00696 e. The summed E-state index contributed by atoms with van der Waals surface area (Å²) in [4.78, 5) is 0. The molecule has 13 heavy (non-hydrogen) atoms. The molecule has 3 atom stereocenters. The Balaban J connectivity index is 2.46. The van der Waals surface area contributed by atoms with Crippen LogP contribution in [-0.4, -0.2) is 12.1 Å². The van der Waals surface area contributed by atoms with E-state index in [1.165, 1.54) is 38.5 Å². The SMILES string of the molecule is CCC1CCC(CC)N[C@H](CC)C1. The highest BCUT2D eigenvalue weighted by atomic mass is 15.0. The summed E-state index contributed by atoms with van der Waals surface area (Å²) in [5.41, 5.74) is 0. The molecular weight excluding hydrogens is 158 g/mol. The number of nitrogens with one attached hydrogen (secondary N) is 1. The summed E-state index contributed by atoms with van der Waals surface area (Å²) in [5.74, 6) is 0.981. The Morgan fingerprint density at radius 1 is 0.923 bits per heavy atom. The molecule has 0 radical (unpaired) electrons. The van der Waals surface area contributed by atoms with E-state index in [0.717, 1.165) is 18.0 Å². The maximum absolute atomic E-state index is 3.78. The molecule has 1 N–H and O–H groups in total. The Kier molecular flexibility index (Phi) is 4.79. The molecule has 1 nitrogen and oxygen atoms in total. The van der Waals surface area contributed by atoms with Gasteiger partial charge in [0.2, 0.25) is 0 Å². The number of hydrogen-bond donors (Lipinski definition) is 1. The Morgan fingerprint density at radius 3 is 2.15 bits per heavy atom. The van der Waals surface area contributed by atoms with Gasteiger partial charge in [-0.05, 0) is 38.0 Å². The highest BCUT2D eigenvalue weighted by molar-refractivity contribution is 4.80. The van der Waals surface area contributed by atoms with Crippen molar-refractivity contribution in [1.29, 1.82) is 0 Å². The molecule has 0 aliphatic carbocycles. The van der Waals surface area contributed by atoms with Crippen molar-refractivity contribution in [3.05, 3.63) is 0 Å². The molecule has 1 aliphatic rings. The second-order valence-corrected chi connectivity index (χ2v) is 4.46. The van der Waals surface area contributed by atoms with Crippen molar-refractivity contribution in [1.82, 2.24) is 5.32 Å². The van der Waals surface area contributed by atoms with Gasteiger partial charge < -0.3 is 5.32 Å². The Hall–Kier alpha value is -0.0400. The zero-order valence-electron chi connectivity index (χ0n) is 9.47. The molecule has 2 unspecified atom stereocenters. The molecule has 0 aromatic carbocycles. The molecule has 1 rings (SSSR count). The maximum Gasteiger partial charge on any atom is 0.00696 e. The van der Waals surface area contributed by atoms with E-state index in [-0.39, 0.29) is 0 Å². The van der Waals surface area contributed by atoms with Crippen molar-refractivity contribution < 1.29 is 0 Å². The zero-order chi connectivity index (χ0) is 9.68. The van der Waals surface area contributed by atoms with Crippen molar-refractivity contribution in [3.8, 4) is 0 Å². The lowest BCUT2D eigenvalue weighted by Gasteiger charge is -2.20. The van der Waals surface area contributed by atoms with Crippen molar-refractivity contribution in [3.63, 3.8) is 0 Å². The molecule has 0 amide bonds. The Labute approximate surface area is 83.3 Å². The molecule has 1 heterocycles. The van der Waals surface area contributed by atoms with E-state index in [0.29, 0.717) is 0 Å². The van der Waals surface area contributed by atoms with Crippen molar-refractivity contribution >= 4 is 0 Å². The average Bonchev–Trinajstić information content (AvgIpc) is 2.39. The molecule has 0 saturated carbocycles. The normalized spacial score (nSPS) is 35.8. The second-order valence-electron chi connectivity index (χ2n) is 4.46. The van der Waals surface area contributed by atoms with Crippen LogP contribution in [0.5, 0.6) is 0 Å². The van der Waals surface area contributed by atoms with Crippen molar-refractivity contribution in [2.45, 2.75) is 71.4 Å². The summed E-state index contributed by atoms with van der Waals surface area (Å²) >= 11 is 0. The molecule has 0 aromatic rings. The van der Waals surface area contributed by atoms with Gasteiger partial charge in [0.1, 0.15) is 0 Å². The van der Waals surface area contributed by atoms with Crippen LogP contribution in [0.15, 0.2) is 0 Å².